The number of thiophene rings is 1. The van der Waals surface area contributed by atoms with Crippen molar-refractivity contribution in [3.05, 3.63) is 81.0 Å². The van der Waals surface area contributed by atoms with Crippen molar-refractivity contribution in [3.63, 3.8) is 0 Å². The zero-order valence-corrected chi connectivity index (χ0v) is 16.8. The van der Waals surface area contributed by atoms with E-state index in [1.807, 2.05) is 36.1 Å². The van der Waals surface area contributed by atoms with Crippen molar-refractivity contribution < 1.29 is 9.59 Å². The Morgan fingerprint density at radius 2 is 1.86 bits per heavy atom. The van der Waals surface area contributed by atoms with Crippen LogP contribution >= 0.6 is 11.3 Å². The number of benzene rings is 2. The zero-order chi connectivity index (χ0) is 19.7. The van der Waals surface area contributed by atoms with Gasteiger partial charge >= 0.3 is 0 Å². The van der Waals surface area contributed by atoms with Crippen LogP contribution in [-0.4, -0.2) is 18.4 Å². The molecule has 3 aromatic rings. The third-order valence-electron chi connectivity index (χ3n) is 5.09. The van der Waals surface area contributed by atoms with E-state index in [1.54, 1.807) is 24.3 Å². The van der Waals surface area contributed by atoms with Gasteiger partial charge in [-0.25, -0.2) is 0 Å². The minimum absolute atomic E-state index is 0.00991. The standard InChI is InChI=1S/C23H22N2O2S/c1-3-20-15(2)14-21(28-20)22(26)24-18-10-8-17(9-11-18)23(27)25-13-12-16-6-4-5-7-19(16)25/h4-11,14H,3,12-13H2,1-2H3,(H,24,26). The fourth-order valence-electron chi connectivity index (χ4n) is 3.58. The topological polar surface area (TPSA) is 49.4 Å². The SMILES string of the molecule is CCc1sc(C(=O)Nc2ccc(C(=O)N3CCc4ccccc43)cc2)cc1C. The van der Waals surface area contributed by atoms with Gasteiger partial charge in [0, 0.05) is 28.4 Å². The number of fused-ring (bicyclic) bond motifs is 1. The van der Waals surface area contributed by atoms with Crippen molar-refractivity contribution in [1.29, 1.82) is 0 Å². The third kappa shape index (κ3) is 3.45. The van der Waals surface area contributed by atoms with Crippen LogP contribution in [0.25, 0.3) is 0 Å². The highest BCUT2D eigenvalue weighted by molar-refractivity contribution is 7.14. The molecule has 2 aromatic carbocycles. The van der Waals surface area contributed by atoms with E-state index in [2.05, 4.69) is 18.3 Å². The highest BCUT2D eigenvalue weighted by Crippen LogP contribution is 2.29. The number of carbonyl (C=O) groups is 2. The second kappa shape index (κ2) is 7.60. The van der Waals surface area contributed by atoms with Gasteiger partial charge in [-0.1, -0.05) is 25.1 Å². The summed E-state index contributed by atoms with van der Waals surface area (Å²) < 4.78 is 0. The number of anilines is 2. The highest BCUT2D eigenvalue weighted by atomic mass is 32.1. The number of nitrogens with one attached hydrogen (secondary N) is 1. The van der Waals surface area contributed by atoms with Crippen molar-refractivity contribution in [1.82, 2.24) is 0 Å². The number of nitrogens with zero attached hydrogens (tertiary/aromatic N) is 1. The van der Waals surface area contributed by atoms with Gasteiger partial charge < -0.3 is 10.2 Å². The smallest absolute Gasteiger partial charge is 0.265 e. The summed E-state index contributed by atoms with van der Waals surface area (Å²) in [6, 6.07) is 17.1. The van der Waals surface area contributed by atoms with Crippen LogP contribution in [-0.2, 0) is 12.8 Å². The first-order valence-corrected chi connectivity index (χ1v) is 10.3. The van der Waals surface area contributed by atoms with E-state index in [0.29, 0.717) is 22.7 Å². The number of amides is 2. The van der Waals surface area contributed by atoms with Gasteiger partial charge in [0.25, 0.3) is 11.8 Å². The van der Waals surface area contributed by atoms with Gasteiger partial charge in [0.05, 0.1) is 4.88 Å². The molecule has 1 aromatic heterocycles. The summed E-state index contributed by atoms with van der Waals surface area (Å²) in [5.41, 5.74) is 4.66. The van der Waals surface area contributed by atoms with Crippen LogP contribution in [0.15, 0.2) is 54.6 Å². The number of hydrogen-bond acceptors (Lipinski definition) is 3. The van der Waals surface area contributed by atoms with Crippen molar-refractivity contribution in [3.8, 4) is 0 Å². The molecule has 1 N–H and O–H groups in total. The molecule has 2 heterocycles. The number of carbonyl (C=O) groups excluding carboxylic acids is 2. The highest BCUT2D eigenvalue weighted by Gasteiger charge is 2.25. The Bertz CT molecular complexity index is 1040. The molecule has 0 spiro atoms. The van der Waals surface area contributed by atoms with E-state index in [1.165, 1.54) is 21.8 Å². The molecule has 4 nitrogen and oxygen atoms in total. The lowest BCUT2D eigenvalue weighted by Gasteiger charge is -2.17. The summed E-state index contributed by atoms with van der Waals surface area (Å²) in [5, 5.41) is 2.92. The van der Waals surface area contributed by atoms with E-state index in [0.717, 1.165) is 24.1 Å². The molecule has 0 saturated heterocycles. The van der Waals surface area contributed by atoms with Crippen LogP contribution in [0.3, 0.4) is 0 Å². The molecule has 1 aliphatic rings. The molecule has 0 atom stereocenters. The molecule has 5 heteroatoms. The lowest BCUT2D eigenvalue weighted by molar-refractivity contribution is 0.0988. The first-order chi connectivity index (χ1) is 13.6. The number of aryl methyl sites for hydroxylation is 2. The fraction of sp³-hybridized carbons (Fsp3) is 0.217. The zero-order valence-electron chi connectivity index (χ0n) is 16.0. The molecule has 0 bridgehead atoms. The fourth-order valence-corrected chi connectivity index (χ4v) is 4.59. The first kappa shape index (κ1) is 18.4. The Morgan fingerprint density at radius 1 is 1.11 bits per heavy atom. The average Bonchev–Trinajstić information content (AvgIpc) is 3.31. The average molecular weight is 391 g/mol. The summed E-state index contributed by atoms with van der Waals surface area (Å²) in [7, 11) is 0. The lowest BCUT2D eigenvalue weighted by Crippen LogP contribution is -2.28. The van der Waals surface area contributed by atoms with Crippen LogP contribution in [0.4, 0.5) is 11.4 Å². The molecule has 1 aliphatic heterocycles. The summed E-state index contributed by atoms with van der Waals surface area (Å²) in [6.07, 6.45) is 1.82. The number of rotatable bonds is 4. The summed E-state index contributed by atoms with van der Waals surface area (Å²) >= 11 is 1.53. The van der Waals surface area contributed by atoms with Crippen molar-refractivity contribution in [2.45, 2.75) is 26.7 Å². The molecule has 142 valence electrons. The predicted octanol–water partition coefficient (Wildman–Crippen LogP) is 5.07. The summed E-state index contributed by atoms with van der Waals surface area (Å²) in [5.74, 6) is -0.121. The van der Waals surface area contributed by atoms with Gasteiger partial charge in [0.15, 0.2) is 0 Å². The van der Waals surface area contributed by atoms with E-state index < -0.39 is 0 Å². The first-order valence-electron chi connectivity index (χ1n) is 9.47. The van der Waals surface area contributed by atoms with Crippen molar-refractivity contribution in [2.75, 3.05) is 16.8 Å². The maximum absolute atomic E-state index is 12.9. The second-order valence-corrected chi connectivity index (χ2v) is 8.07. The molecule has 4 rings (SSSR count). The molecular formula is C23H22N2O2S. The van der Waals surface area contributed by atoms with E-state index >= 15 is 0 Å². The maximum Gasteiger partial charge on any atom is 0.265 e. The van der Waals surface area contributed by atoms with Crippen LogP contribution in [0.2, 0.25) is 0 Å². The van der Waals surface area contributed by atoms with Crippen molar-refractivity contribution >= 4 is 34.5 Å². The monoisotopic (exact) mass is 390 g/mol. The Morgan fingerprint density at radius 3 is 2.57 bits per heavy atom. The molecule has 0 saturated carbocycles. The van der Waals surface area contributed by atoms with Crippen LogP contribution in [0.5, 0.6) is 0 Å². The second-order valence-electron chi connectivity index (χ2n) is 6.94. The Labute approximate surface area is 168 Å². The van der Waals surface area contributed by atoms with E-state index in [-0.39, 0.29) is 11.8 Å². The molecule has 0 fully saturated rings. The minimum atomic E-state index is -0.111. The summed E-state index contributed by atoms with van der Waals surface area (Å²) in [4.78, 5) is 29.1. The van der Waals surface area contributed by atoms with Gasteiger partial charge in [-0.05, 0) is 67.3 Å². The predicted molar refractivity (Wildman–Crippen MR) is 115 cm³/mol. The lowest BCUT2D eigenvalue weighted by atomic mass is 10.1. The molecule has 0 unspecified atom stereocenters. The van der Waals surface area contributed by atoms with Gasteiger partial charge in [0.2, 0.25) is 0 Å². The largest absolute Gasteiger partial charge is 0.321 e. The normalized spacial score (nSPS) is 12.7. The summed E-state index contributed by atoms with van der Waals surface area (Å²) in [6.45, 7) is 4.83. The molecule has 28 heavy (non-hydrogen) atoms. The third-order valence-corrected chi connectivity index (χ3v) is 6.47. The van der Waals surface area contributed by atoms with Crippen molar-refractivity contribution in [2.24, 2.45) is 0 Å². The van der Waals surface area contributed by atoms with E-state index in [4.69, 9.17) is 0 Å². The number of hydrogen-bond donors (Lipinski definition) is 1. The van der Waals surface area contributed by atoms with Gasteiger partial charge in [-0.2, -0.15) is 0 Å². The molecular weight excluding hydrogens is 368 g/mol. The van der Waals surface area contributed by atoms with Gasteiger partial charge in [-0.3, -0.25) is 9.59 Å². The molecule has 0 radical (unpaired) electrons. The van der Waals surface area contributed by atoms with Crippen LogP contribution < -0.4 is 10.2 Å². The molecule has 0 aliphatic carbocycles. The Balaban J connectivity index is 1.47. The molecule has 2 amide bonds. The maximum atomic E-state index is 12.9. The minimum Gasteiger partial charge on any atom is -0.321 e. The van der Waals surface area contributed by atoms with Crippen LogP contribution in [0.1, 0.15) is 43.0 Å². The van der Waals surface area contributed by atoms with Crippen LogP contribution in [0, 0.1) is 6.92 Å². The van der Waals surface area contributed by atoms with Gasteiger partial charge in [-0.15, -0.1) is 11.3 Å². The van der Waals surface area contributed by atoms with Gasteiger partial charge in [0.1, 0.15) is 0 Å². The quantitative estimate of drug-likeness (QED) is 0.676. The Kier molecular flexibility index (Phi) is 5.01. The number of para-hydroxylation sites is 1. The van der Waals surface area contributed by atoms with E-state index in [9.17, 15) is 9.59 Å². The Hall–Kier alpha value is -2.92.